The van der Waals surface area contributed by atoms with Gasteiger partial charge < -0.3 is 25.2 Å². The summed E-state index contributed by atoms with van der Waals surface area (Å²) in [6.07, 6.45) is 4.77. The van der Waals surface area contributed by atoms with E-state index in [4.69, 9.17) is 9.47 Å². The fourth-order valence-electron chi connectivity index (χ4n) is 3.71. The van der Waals surface area contributed by atoms with Gasteiger partial charge in [-0.1, -0.05) is 6.07 Å². The standard InChI is InChI=1S/C20H29N3O5/c24-13-18-16(23-20(26)17-3-1-2-9-21-17)5-4-15(28-18)6-10-22-19(25)14-7-11-27-12-8-14/h1-3,9,14-16,18,24H,4-8,10-13H2,(H,22,25)(H,23,26)/t15-,16+,18-/m0/s1. The highest BCUT2D eigenvalue weighted by atomic mass is 16.5. The zero-order chi connectivity index (χ0) is 19.8. The average Bonchev–Trinajstić information content (AvgIpc) is 2.75. The fraction of sp³-hybridized carbons (Fsp3) is 0.650. The molecule has 0 aromatic carbocycles. The summed E-state index contributed by atoms with van der Waals surface area (Å²) in [6.45, 7) is 1.67. The highest BCUT2D eigenvalue weighted by Crippen LogP contribution is 2.22. The van der Waals surface area contributed by atoms with Crippen molar-refractivity contribution in [3.8, 4) is 0 Å². The van der Waals surface area contributed by atoms with Gasteiger partial charge in [-0.3, -0.25) is 14.6 Å². The third-order valence-corrected chi connectivity index (χ3v) is 5.37. The van der Waals surface area contributed by atoms with Crippen LogP contribution in [0.2, 0.25) is 0 Å². The number of rotatable bonds is 7. The molecule has 8 heteroatoms. The molecule has 3 N–H and O–H groups in total. The van der Waals surface area contributed by atoms with Gasteiger partial charge in [0.25, 0.3) is 5.91 Å². The Kier molecular flexibility index (Phi) is 7.76. The molecule has 0 spiro atoms. The van der Waals surface area contributed by atoms with E-state index in [1.165, 1.54) is 0 Å². The first-order valence-electron chi connectivity index (χ1n) is 10.0. The van der Waals surface area contributed by atoms with Gasteiger partial charge in [-0.15, -0.1) is 0 Å². The lowest BCUT2D eigenvalue weighted by atomic mass is 9.96. The Morgan fingerprint density at radius 3 is 2.71 bits per heavy atom. The Morgan fingerprint density at radius 1 is 1.18 bits per heavy atom. The SMILES string of the molecule is O=C(N[C@@H]1CC[C@@H](CCNC(=O)C2CCOCC2)O[C@H]1CO)c1ccccn1. The van der Waals surface area contributed by atoms with Crippen LogP contribution in [0, 0.1) is 5.92 Å². The van der Waals surface area contributed by atoms with Crippen LogP contribution in [0.15, 0.2) is 24.4 Å². The number of carbonyl (C=O) groups excluding carboxylic acids is 2. The summed E-state index contributed by atoms with van der Waals surface area (Å²) in [5.41, 5.74) is 0.345. The van der Waals surface area contributed by atoms with Crippen LogP contribution in [0.3, 0.4) is 0 Å². The van der Waals surface area contributed by atoms with Crippen molar-refractivity contribution in [2.45, 2.75) is 50.4 Å². The Bertz CT molecular complexity index is 636. The van der Waals surface area contributed by atoms with Gasteiger partial charge in [0.05, 0.1) is 18.8 Å². The second kappa shape index (κ2) is 10.5. The lowest BCUT2D eigenvalue weighted by Crippen LogP contribution is -2.51. The summed E-state index contributed by atoms with van der Waals surface area (Å²) in [4.78, 5) is 28.5. The van der Waals surface area contributed by atoms with Gasteiger partial charge in [0.2, 0.25) is 5.91 Å². The maximum absolute atomic E-state index is 12.3. The van der Waals surface area contributed by atoms with E-state index in [1.807, 2.05) is 0 Å². The molecular formula is C20H29N3O5. The summed E-state index contributed by atoms with van der Waals surface area (Å²) in [5, 5.41) is 15.6. The lowest BCUT2D eigenvalue weighted by molar-refractivity contribution is -0.128. The average molecular weight is 391 g/mol. The van der Waals surface area contributed by atoms with Crippen LogP contribution < -0.4 is 10.6 Å². The molecule has 0 saturated carbocycles. The van der Waals surface area contributed by atoms with Crippen molar-refractivity contribution >= 4 is 11.8 Å². The molecule has 0 unspecified atom stereocenters. The van der Waals surface area contributed by atoms with E-state index in [1.54, 1.807) is 24.4 Å². The van der Waals surface area contributed by atoms with E-state index in [2.05, 4.69) is 15.6 Å². The molecule has 3 rings (SSSR count). The molecule has 2 saturated heterocycles. The van der Waals surface area contributed by atoms with E-state index < -0.39 is 6.10 Å². The van der Waals surface area contributed by atoms with Crippen LogP contribution in [-0.4, -0.2) is 66.5 Å². The summed E-state index contributed by atoms with van der Waals surface area (Å²) in [7, 11) is 0. The quantitative estimate of drug-likeness (QED) is 0.630. The molecule has 2 amide bonds. The minimum atomic E-state index is -0.461. The van der Waals surface area contributed by atoms with Crippen molar-refractivity contribution in [1.29, 1.82) is 0 Å². The van der Waals surface area contributed by atoms with E-state index in [9.17, 15) is 14.7 Å². The first-order chi connectivity index (χ1) is 13.7. The molecular weight excluding hydrogens is 362 g/mol. The largest absolute Gasteiger partial charge is 0.394 e. The van der Waals surface area contributed by atoms with E-state index >= 15 is 0 Å². The van der Waals surface area contributed by atoms with Crippen LogP contribution in [0.1, 0.15) is 42.6 Å². The molecule has 1 aromatic rings. The monoisotopic (exact) mass is 391 g/mol. The van der Waals surface area contributed by atoms with Crippen molar-refractivity contribution in [1.82, 2.24) is 15.6 Å². The lowest BCUT2D eigenvalue weighted by Gasteiger charge is -2.36. The number of aliphatic hydroxyl groups is 1. The summed E-state index contributed by atoms with van der Waals surface area (Å²) in [5.74, 6) is -0.148. The predicted octanol–water partition coefficient (Wildman–Crippen LogP) is 0.653. The molecule has 2 fully saturated rings. The number of aromatic nitrogens is 1. The Hall–Kier alpha value is -2.03. The van der Waals surface area contributed by atoms with E-state index in [0.29, 0.717) is 38.3 Å². The maximum Gasteiger partial charge on any atom is 0.270 e. The minimum absolute atomic E-state index is 0.0393. The summed E-state index contributed by atoms with van der Waals surface area (Å²) < 4.78 is 11.2. The van der Waals surface area contributed by atoms with Crippen LogP contribution in [-0.2, 0) is 14.3 Å². The summed E-state index contributed by atoms with van der Waals surface area (Å²) in [6, 6.07) is 4.90. The van der Waals surface area contributed by atoms with Crippen molar-refractivity contribution < 1.29 is 24.2 Å². The van der Waals surface area contributed by atoms with Crippen LogP contribution >= 0.6 is 0 Å². The van der Waals surface area contributed by atoms with Gasteiger partial charge >= 0.3 is 0 Å². The molecule has 28 heavy (non-hydrogen) atoms. The molecule has 1 aromatic heterocycles. The highest BCUT2D eigenvalue weighted by molar-refractivity contribution is 5.92. The second-order valence-electron chi connectivity index (χ2n) is 7.32. The van der Waals surface area contributed by atoms with Gasteiger partial charge in [-0.2, -0.15) is 0 Å². The molecule has 2 aliphatic heterocycles. The Morgan fingerprint density at radius 2 is 2.00 bits per heavy atom. The summed E-state index contributed by atoms with van der Waals surface area (Å²) >= 11 is 0. The molecule has 2 aliphatic rings. The van der Waals surface area contributed by atoms with Crippen molar-refractivity contribution in [2.24, 2.45) is 5.92 Å². The number of aliphatic hydroxyl groups excluding tert-OH is 1. The van der Waals surface area contributed by atoms with Crippen LogP contribution in [0.4, 0.5) is 0 Å². The maximum atomic E-state index is 12.3. The second-order valence-corrected chi connectivity index (χ2v) is 7.32. The van der Waals surface area contributed by atoms with Crippen LogP contribution in [0.5, 0.6) is 0 Å². The normalized spacial score (nSPS) is 25.8. The predicted molar refractivity (Wildman–Crippen MR) is 102 cm³/mol. The number of nitrogens with zero attached hydrogens (tertiary/aromatic N) is 1. The van der Waals surface area contributed by atoms with Gasteiger partial charge in [-0.25, -0.2) is 0 Å². The number of amides is 2. The van der Waals surface area contributed by atoms with Gasteiger partial charge in [-0.05, 0) is 44.2 Å². The first-order valence-corrected chi connectivity index (χ1v) is 10.0. The number of hydrogen-bond acceptors (Lipinski definition) is 6. The topological polar surface area (TPSA) is 110 Å². The van der Waals surface area contributed by atoms with Gasteiger partial charge in [0, 0.05) is 31.9 Å². The van der Waals surface area contributed by atoms with Crippen molar-refractivity contribution in [3.05, 3.63) is 30.1 Å². The zero-order valence-corrected chi connectivity index (χ0v) is 16.0. The van der Waals surface area contributed by atoms with Crippen LogP contribution in [0.25, 0.3) is 0 Å². The molecule has 0 bridgehead atoms. The number of carbonyl (C=O) groups is 2. The highest BCUT2D eigenvalue weighted by Gasteiger charge is 2.32. The van der Waals surface area contributed by atoms with Crippen molar-refractivity contribution in [2.75, 3.05) is 26.4 Å². The Labute approximate surface area is 165 Å². The fourth-order valence-corrected chi connectivity index (χ4v) is 3.71. The molecule has 0 aliphatic carbocycles. The third kappa shape index (κ3) is 5.73. The first kappa shape index (κ1) is 20.7. The molecule has 3 atom stereocenters. The third-order valence-electron chi connectivity index (χ3n) is 5.37. The number of hydrogen-bond donors (Lipinski definition) is 3. The molecule has 154 valence electrons. The van der Waals surface area contributed by atoms with Gasteiger partial charge in [0.15, 0.2) is 0 Å². The number of ether oxygens (including phenoxy) is 2. The number of nitrogens with one attached hydrogen (secondary N) is 2. The van der Waals surface area contributed by atoms with Gasteiger partial charge in [0.1, 0.15) is 11.8 Å². The molecule has 3 heterocycles. The Balaban J connectivity index is 1.41. The van der Waals surface area contributed by atoms with Crippen molar-refractivity contribution in [3.63, 3.8) is 0 Å². The molecule has 0 radical (unpaired) electrons. The van der Waals surface area contributed by atoms with E-state index in [-0.39, 0.29) is 36.5 Å². The molecule has 8 nitrogen and oxygen atoms in total. The van der Waals surface area contributed by atoms with E-state index in [0.717, 1.165) is 19.3 Å². The smallest absolute Gasteiger partial charge is 0.270 e. The number of pyridine rings is 1. The zero-order valence-electron chi connectivity index (χ0n) is 16.0. The minimum Gasteiger partial charge on any atom is -0.394 e.